The predicted molar refractivity (Wildman–Crippen MR) is 130 cm³/mol. The highest BCUT2D eigenvalue weighted by Gasteiger charge is 2.34. The van der Waals surface area contributed by atoms with E-state index in [4.69, 9.17) is 5.73 Å². The van der Waals surface area contributed by atoms with Gasteiger partial charge in [0, 0.05) is 23.5 Å². The van der Waals surface area contributed by atoms with E-state index in [0.29, 0.717) is 33.9 Å². The molecule has 3 heterocycles. The van der Waals surface area contributed by atoms with Crippen LogP contribution in [-0.4, -0.2) is 36.0 Å². The highest BCUT2D eigenvalue weighted by molar-refractivity contribution is 14.1. The maximum Gasteiger partial charge on any atom is 0.270 e. The summed E-state index contributed by atoms with van der Waals surface area (Å²) in [4.78, 5) is 13.1. The van der Waals surface area contributed by atoms with Crippen molar-refractivity contribution in [2.24, 2.45) is 0 Å². The molecule has 4 aromatic rings. The number of pyridine rings is 1. The van der Waals surface area contributed by atoms with Crippen LogP contribution in [0.2, 0.25) is 0 Å². The lowest BCUT2D eigenvalue weighted by atomic mass is 9.92. The van der Waals surface area contributed by atoms with E-state index in [-0.39, 0.29) is 11.4 Å². The molecule has 3 aromatic heterocycles. The van der Waals surface area contributed by atoms with E-state index in [1.807, 2.05) is 29.5 Å². The van der Waals surface area contributed by atoms with Gasteiger partial charge in [-0.1, -0.05) is 12.1 Å². The first-order valence-electron chi connectivity index (χ1n) is 10.0. The molecule has 0 bridgehead atoms. The maximum atomic E-state index is 13.4. The van der Waals surface area contributed by atoms with Gasteiger partial charge in [-0.2, -0.15) is 0 Å². The molecular weight excluding hydrogens is 543 g/mol. The second-order valence-corrected chi connectivity index (χ2v) is 10.3. The van der Waals surface area contributed by atoms with Crippen LogP contribution in [0.5, 0.6) is 0 Å². The molecule has 1 aromatic carbocycles. The van der Waals surface area contributed by atoms with Crippen LogP contribution in [0, 0.1) is 6.92 Å². The third-order valence-electron chi connectivity index (χ3n) is 5.57. The Bertz CT molecular complexity index is 1330. The van der Waals surface area contributed by atoms with Gasteiger partial charge in [0.15, 0.2) is 15.1 Å². The number of benzene rings is 1. The van der Waals surface area contributed by atoms with Crippen molar-refractivity contribution in [3.63, 3.8) is 0 Å². The van der Waals surface area contributed by atoms with Gasteiger partial charge in [0.2, 0.25) is 0 Å². The molecule has 2 unspecified atom stereocenters. The summed E-state index contributed by atoms with van der Waals surface area (Å²) in [5.41, 5.74) is 8.16. The van der Waals surface area contributed by atoms with E-state index in [2.05, 4.69) is 15.0 Å². The number of aliphatic hydroxyl groups is 2. The van der Waals surface area contributed by atoms with Crippen LogP contribution in [0.15, 0.2) is 48.9 Å². The Labute approximate surface area is 202 Å². The molecular formula is C23H22F2IN5O2. The Balaban J connectivity index is 1.86. The minimum Gasteiger partial charge on any atom is -0.381 e. The molecule has 10 heteroatoms. The van der Waals surface area contributed by atoms with Crippen LogP contribution in [-0.2, 0) is 9.21 Å². The summed E-state index contributed by atoms with van der Waals surface area (Å²) in [5.74, 6) is 0.192. The van der Waals surface area contributed by atoms with Crippen molar-refractivity contribution in [2.45, 2.75) is 36.4 Å². The topological polar surface area (TPSA) is 110 Å². The molecule has 0 fully saturated rings. The zero-order valence-corrected chi connectivity index (χ0v) is 20.2. The third kappa shape index (κ3) is 4.30. The van der Waals surface area contributed by atoms with Gasteiger partial charge >= 0.3 is 0 Å². The average Bonchev–Trinajstić information content (AvgIpc) is 3.17. The molecule has 0 saturated heterocycles. The van der Waals surface area contributed by atoms with E-state index in [1.54, 1.807) is 54.2 Å². The van der Waals surface area contributed by atoms with Crippen molar-refractivity contribution in [1.29, 1.82) is 0 Å². The number of alkyl halides is 3. The summed E-state index contributed by atoms with van der Waals surface area (Å²) < 4.78 is 27.4. The number of nitrogens with zero attached hydrogens (tertiary/aromatic N) is 4. The van der Waals surface area contributed by atoms with E-state index in [1.165, 1.54) is 6.07 Å². The smallest absolute Gasteiger partial charge is 0.270 e. The van der Waals surface area contributed by atoms with Crippen molar-refractivity contribution < 1.29 is 19.0 Å². The molecule has 0 amide bonds. The van der Waals surface area contributed by atoms with Crippen LogP contribution in [0.1, 0.15) is 30.7 Å². The Morgan fingerprint density at radius 3 is 2.42 bits per heavy atom. The van der Waals surface area contributed by atoms with Gasteiger partial charge in [-0.25, -0.2) is 18.7 Å². The summed E-state index contributed by atoms with van der Waals surface area (Å²) in [5, 5.41) is 20.4. The number of fused-ring (bicyclic) bond motifs is 1. The fourth-order valence-electron chi connectivity index (χ4n) is 3.50. The Kier molecular flexibility index (Phi) is 5.87. The fourth-order valence-corrected chi connectivity index (χ4v) is 3.82. The molecule has 172 valence electrons. The van der Waals surface area contributed by atoms with E-state index < -0.39 is 15.6 Å². The van der Waals surface area contributed by atoms with Gasteiger partial charge in [-0.3, -0.25) is 9.38 Å². The lowest BCUT2D eigenvalue weighted by Gasteiger charge is -2.23. The summed E-state index contributed by atoms with van der Waals surface area (Å²) >= 11 is 1.89. The summed E-state index contributed by atoms with van der Waals surface area (Å²) in [6.07, 6.45) is 1.98. The largest absolute Gasteiger partial charge is 0.381 e. The van der Waals surface area contributed by atoms with Crippen LogP contribution in [0.4, 0.5) is 14.6 Å². The van der Waals surface area contributed by atoms with Gasteiger partial charge in [0.25, 0.3) is 6.43 Å². The predicted octanol–water partition coefficient (Wildman–Crippen LogP) is 4.42. The maximum absolute atomic E-state index is 13.4. The van der Waals surface area contributed by atoms with E-state index >= 15 is 0 Å². The van der Waals surface area contributed by atoms with Crippen LogP contribution in [0.25, 0.3) is 28.2 Å². The van der Waals surface area contributed by atoms with Crippen molar-refractivity contribution in [2.75, 3.05) is 5.73 Å². The number of anilines is 1. The van der Waals surface area contributed by atoms with Crippen molar-refractivity contribution in [1.82, 2.24) is 19.4 Å². The molecule has 4 N–H and O–H groups in total. The minimum atomic E-state index is -2.94. The highest BCUT2D eigenvalue weighted by Crippen LogP contribution is 2.34. The highest BCUT2D eigenvalue weighted by atomic mass is 127. The van der Waals surface area contributed by atoms with Crippen molar-refractivity contribution in [3.05, 3.63) is 65.7 Å². The summed E-state index contributed by atoms with van der Waals surface area (Å²) in [6.45, 7) is 4.57. The van der Waals surface area contributed by atoms with Crippen molar-refractivity contribution in [3.8, 4) is 22.5 Å². The SMILES string of the molecule is Cc1ccc(C(C)(O)C(F)F)cc1-c1cnc2c(N)nc(-c3ccc(C(C)(O)I)nc3)cn12. The standard InChI is InChI=1S/C23H22F2IN5O2/c1-12-4-6-14(22(2,32)21(24)25)8-15(12)17-10-29-20-19(27)30-16(11-31(17)20)13-5-7-18(28-9-13)23(3,26)33/h4-11,21,32-33H,1-3H3,(H2,27,30). The first-order chi connectivity index (χ1) is 15.4. The minimum absolute atomic E-state index is 0.0981. The number of aryl methyl sites for hydroxylation is 1. The zero-order valence-electron chi connectivity index (χ0n) is 18.1. The molecule has 0 aliphatic heterocycles. The summed E-state index contributed by atoms with van der Waals surface area (Å²) in [7, 11) is 0. The molecule has 33 heavy (non-hydrogen) atoms. The lowest BCUT2D eigenvalue weighted by Crippen LogP contribution is -2.30. The van der Waals surface area contributed by atoms with Gasteiger partial charge in [-0.05, 0) is 72.7 Å². The zero-order chi connectivity index (χ0) is 24.1. The Morgan fingerprint density at radius 1 is 1.09 bits per heavy atom. The average molecular weight is 565 g/mol. The van der Waals surface area contributed by atoms with Crippen LogP contribution < -0.4 is 5.73 Å². The molecule has 0 spiro atoms. The fraction of sp³-hybridized carbons (Fsp3) is 0.261. The second-order valence-electron chi connectivity index (χ2n) is 8.21. The summed E-state index contributed by atoms with van der Waals surface area (Å²) in [6, 6.07) is 8.21. The normalized spacial score (nSPS) is 15.5. The Hall–Kier alpha value is -2.70. The lowest BCUT2D eigenvalue weighted by molar-refractivity contribution is -0.0883. The number of imidazole rings is 1. The monoisotopic (exact) mass is 565 g/mol. The number of aromatic nitrogens is 4. The number of rotatable bonds is 5. The third-order valence-corrected chi connectivity index (χ3v) is 6.12. The van der Waals surface area contributed by atoms with Gasteiger partial charge in [-0.15, -0.1) is 0 Å². The molecule has 4 rings (SSSR count). The molecule has 2 atom stereocenters. The second kappa shape index (κ2) is 8.26. The van der Waals surface area contributed by atoms with Crippen LogP contribution >= 0.6 is 22.6 Å². The van der Waals surface area contributed by atoms with Gasteiger partial charge < -0.3 is 15.9 Å². The first kappa shape index (κ1) is 23.5. The molecule has 0 saturated carbocycles. The van der Waals surface area contributed by atoms with Gasteiger partial charge in [0.1, 0.15) is 5.60 Å². The number of nitrogens with two attached hydrogens (primary N) is 1. The first-order valence-corrected chi connectivity index (χ1v) is 11.1. The number of nitrogen functional groups attached to an aromatic ring is 1. The Morgan fingerprint density at radius 2 is 1.82 bits per heavy atom. The number of hydrogen-bond acceptors (Lipinski definition) is 6. The molecule has 0 aliphatic rings. The molecule has 7 nitrogen and oxygen atoms in total. The molecule has 0 aliphatic carbocycles. The van der Waals surface area contributed by atoms with Gasteiger partial charge in [0.05, 0.1) is 23.3 Å². The van der Waals surface area contributed by atoms with E-state index in [9.17, 15) is 19.0 Å². The number of hydrogen-bond donors (Lipinski definition) is 3. The quantitative estimate of drug-likeness (QED) is 0.244. The van der Waals surface area contributed by atoms with Crippen LogP contribution in [0.3, 0.4) is 0 Å². The van der Waals surface area contributed by atoms with Crippen molar-refractivity contribution >= 4 is 34.1 Å². The number of halogens is 3. The van der Waals surface area contributed by atoms with E-state index in [0.717, 1.165) is 12.5 Å². The molecule has 0 radical (unpaired) electrons.